The highest BCUT2D eigenvalue weighted by atomic mass is 19.1. The lowest BCUT2D eigenvalue weighted by molar-refractivity contribution is 0.0929. The number of amides is 1. The fraction of sp³-hybridized carbons (Fsp3) is 0.611. The smallest absolute Gasteiger partial charge is 0.251 e. The lowest BCUT2D eigenvalue weighted by Crippen LogP contribution is -2.35. The summed E-state index contributed by atoms with van der Waals surface area (Å²) in [6.07, 6.45) is 2.26. The summed E-state index contributed by atoms with van der Waals surface area (Å²) >= 11 is 0. The van der Waals surface area contributed by atoms with Crippen LogP contribution >= 0.6 is 0 Å². The maximum absolute atomic E-state index is 12.9. The molecule has 1 unspecified atom stereocenters. The maximum Gasteiger partial charge on any atom is 0.251 e. The summed E-state index contributed by atoms with van der Waals surface area (Å²) in [5.41, 5.74) is 0.665. The molecule has 21 heavy (non-hydrogen) atoms. The quantitative estimate of drug-likeness (QED) is 0.812. The van der Waals surface area contributed by atoms with Crippen molar-refractivity contribution in [2.75, 3.05) is 6.54 Å². The minimum atomic E-state index is -0.323. The van der Waals surface area contributed by atoms with Gasteiger partial charge in [-0.3, -0.25) is 4.79 Å². The number of hydrogen-bond acceptors (Lipinski definition) is 1. The van der Waals surface area contributed by atoms with Gasteiger partial charge in [-0.2, -0.15) is 0 Å². The van der Waals surface area contributed by atoms with E-state index in [9.17, 15) is 9.18 Å². The van der Waals surface area contributed by atoms with Crippen LogP contribution in [0.3, 0.4) is 0 Å². The predicted octanol–water partition coefficient (Wildman–Crippen LogP) is 4.65. The Bertz CT molecular complexity index is 445. The topological polar surface area (TPSA) is 29.1 Å². The van der Waals surface area contributed by atoms with Crippen LogP contribution in [-0.4, -0.2) is 12.5 Å². The average Bonchev–Trinajstić information content (AvgIpc) is 2.37. The fourth-order valence-corrected chi connectivity index (χ4v) is 2.30. The second kappa shape index (κ2) is 7.58. The minimum absolute atomic E-state index is 0.131. The van der Waals surface area contributed by atoms with Crippen molar-refractivity contribution in [3.63, 3.8) is 0 Å². The first-order valence-corrected chi connectivity index (χ1v) is 7.74. The second-order valence-corrected chi connectivity index (χ2v) is 7.25. The lowest BCUT2D eigenvalue weighted by atomic mass is 9.77. The number of halogens is 1. The molecule has 0 fully saturated rings. The molecule has 0 radical (unpaired) electrons. The van der Waals surface area contributed by atoms with Crippen LogP contribution in [0.2, 0.25) is 0 Å². The third-order valence-corrected chi connectivity index (χ3v) is 3.93. The summed E-state index contributed by atoms with van der Waals surface area (Å²) < 4.78 is 12.9. The Balaban J connectivity index is 2.59. The molecule has 0 aliphatic carbocycles. The highest BCUT2D eigenvalue weighted by molar-refractivity contribution is 5.94. The van der Waals surface area contributed by atoms with Crippen molar-refractivity contribution < 1.29 is 9.18 Å². The Morgan fingerprint density at radius 2 is 1.71 bits per heavy atom. The molecule has 1 aromatic rings. The summed E-state index contributed by atoms with van der Waals surface area (Å²) in [6.45, 7) is 11.7. The summed E-state index contributed by atoms with van der Waals surface area (Å²) in [7, 11) is 0. The molecule has 0 aliphatic heterocycles. The molecule has 0 heterocycles. The SMILES string of the molecule is CC(C)CCC(CNC(=O)c1ccc(F)cc1)C(C)(C)C. The number of benzene rings is 1. The zero-order chi connectivity index (χ0) is 16.0. The first-order valence-electron chi connectivity index (χ1n) is 7.74. The van der Waals surface area contributed by atoms with Crippen molar-refractivity contribution in [3.05, 3.63) is 35.6 Å². The Morgan fingerprint density at radius 3 is 2.19 bits per heavy atom. The predicted molar refractivity (Wildman–Crippen MR) is 85.8 cm³/mol. The third kappa shape index (κ3) is 6.28. The van der Waals surface area contributed by atoms with E-state index in [4.69, 9.17) is 0 Å². The van der Waals surface area contributed by atoms with Gasteiger partial charge in [0.15, 0.2) is 0 Å². The van der Waals surface area contributed by atoms with Crippen LogP contribution < -0.4 is 5.32 Å². The van der Waals surface area contributed by atoms with Crippen LogP contribution in [0, 0.1) is 23.1 Å². The molecular weight excluding hydrogens is 265 g/mol. The molecule has 1 aromatic carbocycles. The van der Waals surface area contributed by atoms with Gasteiger partial charge in [0.2, 0.25) is 0 Å². The first kappa shape index (κ1) is 17.7. The standard InChI is InChI=1S/C18H28FNO/c1-13(2)6-9-15(18(3,4)5)12-20-17(21)14-7-10-16(19)11-8-14/h7-8,10-11,13,15H,6,9,12H2,1-5H3,(H,20,21). The van der Waals surface area contributed by atoms with Crippen molar-refractivity contribution in [2.45, 2.75) is 47.5 Å². The van der Waals surface area contributed by atoms with Crippen LogP contribution in [0.15, 0.2) is 24.3 Å². The van der Waals surface area contributed by atoms with Crippen LogP contribution in [0.5, 0.6) is 0 Å². The first-order chi connectivity index (χ1) is 9.70. The molecule has 118 valence electrons. The van der Waals surface area contributed by atoms with Crippen LogP contribution in [0.25, 0.3) is 0 Å². The van der Waals surface area contributed by atoms with Crippen LogP contribution in [0.1, 0.15) is 57.8 Å². The molecule has 0 aromatic heterocycles. The summed E-state index contributed by atoms with van der Waals surface area (Å²) in [6, 6.07) is 5.67. The number of carbonyl (C=O) groups is 1. The fourth-order valence-electron chi connectivity index (χ4n) is 2.30. The van der Waals surface area contributed by atoms with Gasteiger partial charge in [-0.15, -0.1) is 0 Å². The highest BCUT2D eigenvalue weighted by Gasteiger charge is 2.25. The zero-order valence-corrected chi connectivity index (χ0v) is 13.9. The van der Waals surface area contributed by atoms with Crippen molar-refractivity contribution >= 4 is 5.91 Å². The molecule has 0 bridgehead atoms. The molecule has 1 atom stereocenters. The van der Waals surface area contributed by atoms with Crippen molar-refractivity contribution in [2.24, 2.45) is 17.3 Å². The van der Waals surface area contributed by atoms with E-state index < -0.39 is 0 Å². The van der Waals surface area contributed by atoms with Crippen molar-refractivity contribution in [3.8, 4) is 0 Å². The highest BCUT2D eigenvalue weighted by Crippen LogP contribution is 2.30. The van der Waals surface area contributed by atoms with E-state index in [1.54, 1.807) is 0 Å². The van der Waals surface area contributed by atoms with E-state index in [0.29, 0.717) is 23.9 Å². The van der Waals surface area contributed by atoms with Gasteiger partial charge in [0.05, 0.1) is 0 Å². The van der Waals surface area contributed by atoms with Gasteiger partial charge >= 0.3 is 0 Å². The summed E-state index contributed by atoms with van der Waals surface area (Å²) in [5.74, 6) is 0.650. The van der Waals surface area contributed by atoms with Gasteiger partial charge < -0.3 is 5.32 Å². The Morgan fingerprint density at radius 1 is 1.14 bits per heavy atom. The van der Waals surface area contributed by atoms with E-state index in [2.05, 4.69) is 39.9 Å². The van der Waals surface area contributed by atoms with E-state index >= 15 is 0 Å². The molecule has 1 amide bonds. The number of rotatable bonds is 6. The Labute approximate surface area is 128 Å². The van der Waals surface area contributed by atoms with Crippen LogP contribution in [0.4, 0.5) is 4.39 Å². The molecule has 0 saturated carbocycles. The molecule has 0 saturated heterocycles. The van der Waals surface area contributed by atoms with Gasteiger partial charge in [0, 0.05) is 12.1 Å². The van der Waals surface area contributed by atoms with E-state index in [1.807, 2.05) is 0 Å². The summed E-state index contributed by atoms with van der Waals surface area (Å²) in [4.78, 5) is 12.1. The summed E-state index contributed by atoms with van der Waals surface area (Å²) in [5, 5.41) is 2.99. The second-order valence-electron chi connectivity index (χ2n) is 7.25. The van der Waals surface area contributed by atoms with Crippen molar-refractivity contribution in [1.82, 2.24) is 5.32 Å². The normalized spacial score (nSPS) is 13.3. The Hall–Kier alpha value is -1.38. The number of hydrogen-bond donors (Lipinski definition) is 1. The average molecular weight is 293 g/mol. The van der Waals surface area contributed by atoms with Gasteiger partial charge in [-0.1, -0.05) is 41.0 Å². The number of nitrogens with one attached hydrogen (secondary N) is 1. The molecule has 3 heteroatoms. The maximum atomic E-state index is 12.9. The van der Waals surface area contributed by atoms with Crippen LogP contribution in [-0.2, 0) is 0 Å². The zero-order valence-electron chi connectivity index (χ0n) is 13.9. The van der Waals surface area contributed by atoms with Crippen molar-refractivity contribution in [1.29, 1.82) is 0 Å². The van der Waals surface area contributed by atoms with Gasteiger partial charge in [0.1, 0.15) is 5.82 Å². The van der Waals surface area contributed by atoms with E-state index in [-0.39, 0.29) is 17.1 Å². The molecule has 0 spiro atoms. The van der Waals surface area contributed by atoms with Gasteiger partial charge in [-0.25, -0.2) is 4.39 Å². The number of carbonyl (C=O) groups excluding carboxylic acids is 1. The molecule has 2 nitrogen and oxygen atoms in total. The monoisotopic (exact) mass is 293 g/mol. The third-order valence-electron chi connectivity index (χ3n) is 3.93. The van der Waals surface area contributed by atoms with E-state index in [1.165, 1.54) is 24.3 Å². The lowest BCUT2D eigenvalue weighted by Gasteiger charge is -2.31. The largest absolute Gasteiger partial charge is 0.352 e. The molecule has 1 N–H and O–H groups in total. The minimum Gasteiger partial charge on any atom is -0.352 e. The molecule has 1 rings (SSSR count). The van der Waals surface area contributed by atoms with Gasteiger partial charge in [0.25, 0.3) is 5.91 Å². The van der Waals surface area contributed by atoms with E-state index in [0.717, 1.165) is 12.8 Å². The van der Waals surface area contributed by atoms with Gasteiger partial charge in [-0.05, 0) is 47.9 Å². The molecular formula is C18H28FNO. The molecule has 0 aliphatic rings. The Kier molecular flexibility index (Phi) is 6.38.